The lowest BCUT2D eigenvalue weighted by Gasteiger charge is -2.21. The Labute approximate surface area is 169 Å². The minimum Gasteiger partial charge on any atom is -0.337 e. The zero-order valence-electron chi connectivity index (χ0n) is 16.2. The van der Waals surface area contributed by atoms with E-state index < -0.39 is 16.1 Å². The topological polar surface area (TPSA) is 76.3 Å². The quantitative estimate of drug-likeness (QED) is 0.612. The second-order valence-electron chi connectivity index (χ2n) is 7.46. The van der Waals surface area contributed by atoms with E-state index in [2.05, 4.69) is 24.0 Å². The molecule has 0 radical (unpaired) electrons. The van der Waals surface area contributed by atoms with E-state index in [1.54, 1.807) is 24.3 Å². The van der Waals surface area contributed by atoms with Crippen LogP contribution in [0, 0.1) is 5.82 Å². The van der Waals surface area contributed by atoms with Gasteiger partial charge in [0, 0.05) is 12.1 Å². The molecule has 0 spiro atoms. The molecule has 1 fully saturated rings. The van der Waals surface area contributed by atoms with Gasteiger partial charge in [0.15, 0.2) is 0 Å². The van der Waals surface area contributed by atoms with Crippen molar-refractivity contribution in [2.45, 2.75) is 43.5 Å². The van der Waals surface area contributed by atoms with Crippen LogP contribution in [0.5, 0.6) is 0 Å². The van der Waals surface area contributed by atoms with Crippen molar-refractivity contribution in [3.8, 4) is 11.4 Å². The third-order valence-electron chi connectivity index (χ3n) is 5.19. The third kappa shape index (κ3) is 3.82. The van der Waals surface area contributed by atoms with Crippen LogP contribution in [0.3, 0.4) is 0 Å². The summed E-state index contributed by atoms with van der Waals surface area (Å²) in [6.45, 7) is 4.52. The van der Waals surface area contributed by atoms with Crippen molar-refractivity contribution in [2.24, 2.45) is 0 Å². The number of sulfonamides is 1. The van der Waals surface area contributed by atoms with E-state index in [-0.39, 0.29) is 16.6 Å². The highest BCUT2D eigenvalue weighted by atomic mass is 32.2. The average molecular weight is 415 g/mol. The van der Waals surface area contributed by atoms with Crippen molar-refractivity contribution >= 4 is 10.0 Å². The summed E-state index contributed by atoms with van der Waals surface area (Å²) in [5.41, 5.74) is 1.70. The van der Waals surface area contributed by atoms with E-state index in [0.29, 0.717) is 36.7 Å². The summed E-state index contributed by atoms with van der Waals surface area (Å²) in [5, 5.41) is 3.95. The van der Waals surface area contributed by atoms with Gasteiger partial charge in [-0.1, -0.05) is 31.1 Å². The Balaban J connectivity index is 1.61. The molecular weight excluding hydrogens is 393 g/mol. The average Bonchev–Trinajstić information content (AvgIpc) is 3.38. The highest BCUT2D eigenvalue weighted by Crippen LogP contribution is 2.36. The largest absolute Gasteiger partial charge is 0.337 e. The normalized spacial score (nSPS) is 17.9. The summed E-state index contributed by atoms with van der Waals surface area (Å²) in [6, 6.07) is 12.2. The lowest BCUT2D eigenvalue weighted by molar-refractivity contribution is 0.290. The molecule has 0 amide bonds. The van der Waals surface area contributed by atoms with Crippen molar-refractivity contribution in [1.82, 2.24) is 14.4 Å². The number of halogens is 1. The molecule has 2 heterocycles. The van der Waals surface area contributed by atoms with Gasteiger partial charge in [-0.3, -0.25) is 0 Å². The Hall–Kier alpha value is -2.58. The molecule has 1 atom stereocenters. The summed E-state index contributed by atoms with van der Waals surface area (Å²) in [4.78, 5) is 4.64. The summed E-state index contributed by atoms with van der Waals surface area (Å²) >= 11 is 0. The van der Waals surface area contributed by atoms with Crippen LogP contribution in [-0.2, 0) is 10.0 Å². The zero-order chi connectivity index (χ0) is 20.6. The molecule has 8 heteroatoms. The van der Waals surface area contributed by atoms with Crippen LogP contribution < -0.4 is 0 Å². The maximum atomic E-state index is 13.2. The van der Waals surface area contributed by atoms with Crippen LogP contribution in [0.2, 0.25) is 0 Å². The molecule has 3 aromatic rings. The van der Waals surface area contributed by atoms with Crippen molar-refractivity contribution in [3.63, 3.8) is 0 Å². The second kappa shape index (κ2) is 7.68. The first-order chi connectivity index (χ1) is 13.9. The van der Waals surface area contributed by atoms with Crippen molar-refractivity contribution < 1.29 is 17.3 Å². The summed E-state index contributed by atoms with van der Waals surface area (Å²) in [7, 11) is -3.68. The molecule has 152 valence electrons. The maximum Gasteiger partial charge on any atom is 0.245 e. The van der Waals surface area contributed by atoms with Crippen molar-refractivity contribution in [1.29, 1.82) is 0 Å². The fraction of sp³-hybridized carbons (Fsp3) is 0.333. The molecule has 0 unspecified atom stereocenters. The van der Waals surface area contributed by atoms with Gasteiger partial charge in [-0.05, 0) is 60.7 Å². The molecule has 2 aromatic carbocycles. The Kier molecular flexibility index (Phi) is 5.23. The van der Waals surface area contributed by atoms with Gasteiger partial charge in [-0.25, -0.2) is 12.8 Å². The fourth-order valence-electron chi connectivity index (χ4n) is 3.52. The minimum absolute atomic E-state index is 0.254. The van der Waals surface area contributed by atoms with E-state index in [0.717, 1.165) is 5.56 Å². The monoisotopic (exact) mass is 415 g/mol. The summed E-state index contributed by atoms with van der Waals surface area (Å²) in [6.07, 6.45) is 1.32. The van der Waals surface area contributed by atoms with E-state index in [4.69, 9.17) is 4.52 Å². The second-order valence-corrected chi connectivity index (χ2v) is 9.35. The first-order valence-electron chi connectivity index (χ1n) is 9.57. The van der Waals surface area contributed by atoms with Gasteiger partial charge in [0.1, 0.15) is 11.9 Å². The van der Waals surface area contributed by atoms with E-state index >= 15 is 0 Å². The number of hydrogen-bond acceptors (Lipinski definition) is 5. The molecular formula is C21H22FN3O3S. The van der Waals surface area contributed by atoms with Gasteiger partial charge >= 0.3 is 0 Å². The molecule has 4 rings (SSSR count). The van der Waals surface area contributed by atoms with Gasteiger partial charge in [-0.2, -0.15) is 9.29 Å². The number of benzene rings is 2. The summed E-state index contributed by atoms with van der Waals surface area (Å²) < 4.78 is 46.4. The Bertz CT molecular complexity index is 1090. The van der Waals surface area contributed by atoms with E-state index in [1.807, 2.05) is 12.1 Å². The number of aromatic nitrogens is 2. The predicted octanol–water partition coefficient (Wildman–Crippen LogP) is 4.52. The van der Waals surface area contributed by atoms with Gasteiger partial charge in [0.25, 0.3) is 0 Å². The number of hydrogen-bond donors (Lipinski definition) is 0. The van der Waals surface area contributed by atoms with Crippen LogP contribution in [0.25, 0.3) is 11.4 Å². The Morgan fingerprint density at radius 2 is 1.79 bits per heavy atom. The Morgan fingerprint density at radius 1 is 1.10 bits per heavy atom. The standard InChI is InChI=1S/C21H22FN3O3S/c1-14(2)15-7-11-18(12-8-15)29(26,27)25-13-3-4-19(25)21-23-20(24-28-21)16-5-9-17(22)10-6-16/h5-12,14,19H,3-4,13H2,1-2H3/t19-/m0/s1. The van der Waals surface area contributed by atoms with Crippen molar-refractivity contribution in [2.75, 3.05) is 6.54 Å². The zero-order valence-corrected chi connectivity index (χ0v) is 17.1. The molecule has 1 aliphatic rings. The van der Waals surface area contributed by atoms with E-state index in [9.17, 15) is 12.8 Å². The SMILES string of the molecule is CC(C)c1ccc(S(=O)(=O)N2CCC[C@H]2c2nc(-c3ccc(F)cc3)no2)cc1. The first-order valence-corrected chi connectivity index (χ1v) is 11.0. The van der Waals surface area contributed by atoms with Gasteiger partial charge in [-0.15, -0.1) is 0 Å². The fourth-order valence-corrected chi connectivity index (χ4v) is 5.17. The number of rotatable bonds is 5. The first kappa shape index (κ1) is 19.7. The van der Waals surface area contributed by atoms with Crippen LogP contribution in [0.4, 0.5) is 4.39 Å². The molecule has 29 heavy (non-hydrogen) atoms. The molecule has 0 aliphatic carbocycles. The Morgan fingerprint density at radius 3 is 2.45 bits per heavy atom. The molecule has 6 nitrogen and oxygen atoms in total. The minimum atomic E-state index is -3.68. The molecule has 0 saturated carbocycles. The van der Waals surface area contributed by atoms with Crippen LogP contribution >= 0.6 is 0 Å². The molecule has 0 bridgehead atoms. The van der Waals surface area contributed by atoms with E-state index in [1.165, 1.54) is 16.4 Å². The molecule has 1 aromatic heterocycles. The van der Waals surface area contributed by atoms with Gasteiger partial charge in [0.05, 0.1) is 4.90 Å². The van der Waals surface area contributed by atoms with Gasteiger partial charge in [0.2, 0.25) is 21.7 Å². The number of nitrogens with zero attached hydrogens (tertiary/aromatic N) is 3. The van der Waals surface area contributed by atoms with Gasteiger partial charge < -0.3 is 4.52 Å². The lowest BCUT2D eigenvalue weighted by atomic mass is 10.0. The molecule has 1 aliphatic heterocycles. The van der Waals surface area contributed by atoms with Crippen LogP contribution in [0.1, 0.15) is 50.1 Å². The molecule has 1 saturated heterocycles. The molecule has 0 N–H and O–H groups in total. The highest BCUT2D eigenvalue weighted by Gasteiger charge is 2.39. The predicted molar refractivity (Wildman–Crippen MR) is 106 cm³/mol. The van der Waals surface area contributed by atoms with Crippen LogP contribution in [-0.4, -0.2) is 29.4 Å². The van der Waals surface area contributed by atoms with Crippen LogP contribution in [0.15, 0.2) is 57.9 Å². The third-order valence-corrected chi connectivity index (χ3v) is 7.11. The maximum absolute atomic E-state index is 13.2. The smallest absolute Gasteiger partial charge is 0.245 e. The summed E-state index contributed by atoms with van der Waals surface area (Å²) in [5.74, 6) is 0.540. The lowest BCUT2D eigenvalue weighted by Crippen LogP contribution is -2.30. The van der Waals surface area contributed by atoms with Crippen molar-refractivity contribution in [3.05, 3.63) is 65.8 Å². The highest BCUT2D eigenvalue weighted by molar-refractivity contribution is 7.89.